The van der Waals surface area contributed by atoms with Crippen LogP contribution >= 0.6 is 0 Å². The van der Waals surface area contributed by atoms with Crippen LogP contribution in [0.15, 0.2) is 53.4 Å². The molecule has 1 amide bonds. The molecule has 0 saturated carbocycles. The Morgan fingerprint density at radius 2 is 2.00 bits per heavy atom. The number of hydrogen-bond donors (Lipinski definition) is 1. The van der Waals surface area contributed by atoms with Crippen LogP contribution < -0.4 is 14.4 Å². The Morgan fingerprint density at radius 1 is 1.24 bits per heavy atom. The van der Waals surface area contributed by atoms with Gasteiger partial charge < -0.3 is 14.8 Å². The molecule has 7 nitrogen and oxygen atoms in total. The molecular weight excluding hydrogens is 392 g/mol. The van der Waals surface area contributed by atoms with Gasteiger partial charge in [-0.3, -0.25) is 9.10 Å². The molecule has 1 atom stereocenters. The molecular formula is C21H26N2O5S. The van der Waals surface area contributed by atoms with Crippen molar-refractivity contribution in [2.75, 3.05) is 31.1 Å². The van der Waals surface area contributed by atoms with Gasteiger partial charge in [0.2, 0.25) is 5.91 Å². The van der Waals surface area contributed by atoms with E-state index in [4.69, 9.17) is 9.47 Å². The maximum atomic E-state index is 13.4. The molecule has 0 bridgehead atoms. The van der Waals surface area contributed by atoms with Gasteiger partial charge in [-0.2, -0.15) is 0 Å². The van der Waals surface area contributed by atoms with Gasteiger partial charge in [-0.25, -0.2) is 8.42 Å². The van der Waals surface area contributed by atoms with Crippen molar-refractivity contribution >= 4 is 21.6 Å². The van der Waals surface area contributed by atoms with E-state index in [-0.39, 0.29) is 17.5 Å². The van der Waals surface area contributed by atoms with Crippen molar-refractivity contribution in [1.82, 2.24) is 5.32 Å². The van der Waals surface area contributed by atoms with E-state index in [1.165, 1.54) is 19.2 Å². The van der Waals surface area contributed by atoms with Crippen LogP contribution in [0.2, 0.25) is 0 Å². The van der Waals surface area contributed by atoms with Crippen LogP contribution in [0.1, 0.15) is 18.4 Å². The van der Waals surface area contributed by atoms with E-state index in [9.17, 15) is 13.2 Å². The molecule has 2 aromatic carbocycles. The van der Waals surface area contributed by atoms with E-state index in [1.807, 2.05) is 13.0 Å². The lowest BCUT2D eigenvalue weighted by Gasteiger charge is -2.26. The fourth-order valence-corrected chi connectivity index (χ4v) is 4.68. The Hall–Kier alpha value is -2.58. The number of nitrogens with one attached hydrogen (secondary N) is 1. The van der Waals surface area contributed by atoms with Crippen LogP contribution in [0.25, 0.3) is 0 Å². The Labute approximate surface area is 171 Å². The summed E-state index contributed by atoms with van der Waals surface area (Å²) in [6, 6.07) is 13.3. The number of rotatable bonds is 8. The summed E-state index contributed by atoms with van der Waals surface area (Å²) in [6.45, 7) is 2.55. The van der Waals surface area contributed by atoms with Crippen molar-refractivity contribution in [3.8, 4) is 5.75 Å². The number of hydrogen-bond acceptors (Lipinski definition) is 5. The predicted octanol–water partition coefficient (Wildman–Crippen LogP) is 2.49. The number of aryl methyl sites for hydroxylation is 1. The molecule has 0 unspecified atom stereocenters. The topological polar surface area (TPSA) is 84.9 Å². The number of anilines is 1. The van der Waals surface area contributed by atoms with E-state index in [0.29, 0.717) is 24.6 Å². The monoisotopic (exact) mass is 418 g/mol. The highest BCUT2D eigenvalue weighted by atomic mass is 32.2. The molecule has 1 N–H and O–H groups in total. The zero-order valence-corrected chi connectivity index (χ0v) is 17.4. The van der Waals surface area contributed by atoms with Crippen molar-refractivity contribution < 1.29 is 22.7 Å². The summed E-state index contributed by atoms with van der Waals surface area (Å²) in [5, 5.41) is 2.79. The molecule has 0 aromatic heterocycles. The molecule has 29 heavy (non-hydrogen) atoms. The van der Waals surface area contributed by atoms with Gasteiger partial charge in [0.1, 0.15) is 12.3 Å². The Morgan fingerprint density at radius 3 is 2.66 bits per heavy atom. The van der Waals surface area contributed by atoms with Gasteiger partial charge in [0.25, 0.3) is 10.0 Å². The summed E-state index contributed by atoms with van der Waals surface area (Å²) in [7, 11) is -2.50. The lowest BCUT2D eigenvalue weighted by Crippen LogP contribution is -2.43. The SMILES string of the molecule is COc1ccc(C)cc1N(CC(=O)NC[C@H]1CCCO1)S(=O)(=O)c1ccccc1. The molecule has 2 aromatic rings. The van der Waals surface area contributed by atoms with Crippen molar-refractivity contribution in [1.29, 1.82) is 0 Å². The highest BCUT2D eigenvalue weighted by Crippen LogP contribution is 2.33. The smallest absolute Gasteiger partial charge is 0.264 e. The molecule has 1 aliphatic heterocycles. The number of carbonyl (C=O) groups excluding carboxylic acids is 1. The summed E-state index contributed by atoms with van der Waals surface area (Å²) in [5.41, 5.74) is 1.18. The highest BCUT2D eigenvalue weighted by molar-refractivity contribution is 7.92. The fraction of sp³-hybridized carbons (Fsp3) is 0.381. The lowest BCUT2D eigenvalue weighted by molar-refractivity contribution is -0.120. The predicted molar refractivity (Wildman–Crippen MR) is 111 cm³/mol. The standard InChI is InChI=1S/C21H26N2O5S/c1-16-10-11-20(27-2)19(13-16)23(29(25,26)18-8-4-3-5-9-18)15-21(24)22-14-17-7-6-12-28-17/h3-5,8-11,13,17H,6-7,12,14-15H2,1-2H3,(H,22,24)/t17-/m1/s1. The molecule has 3 rings (SSSR count). The van der Waals surface area contributed by atoms with Gasteiger partial charge >= 0.3 is 0 Å². The molecule has 0 spiro atoms. The van der Waals surface area contributed by atoms with Gasteiger partial charge in [-0.1, -0.05) is 24.3 Å². The number of ether oxygens (including phenoxy) is 2. The average Bonchev–Trinajstić information content (AvgIpc) is 3.24. The van der Waals surface area contributed by atoms with Crippen molar-refractivity contribution in [2.24, 2.45) is 0 Å². The molecule has 1 fully saturated rings. The first-order valence-corrected chi connectivity index (χ1v) is 11.0. The normalized spacial score (nSPS) is 16.4. The summed E-state index contributed by atoms with van der Waals surface area (Å²) >= 11 is 0. The maximum absolute atomic E-state index is 13.4. The number of benzene rings is 2. The first kappa shape index (κ1) is 21.1. The van der Waals surface area contributed by atoms with Crippen molar-refractivity contribution in [2.45, 2.75) is 30.8 Å². The fourth-order valence-electron chi connectivity index (χ4n) is 3.23. The van der Waals surface area contributed by atoms with Gasteiger partial charge in [-0.05, 0) is 49.6 Å². The van der Waals surface area contributed by atoms with Crippen molar-refractivity contribution in [3.63, 3.8) is 0 Å². The van der Waals surface area contributed by atoms with Crippen LogP contribution in [0.5, 0.6) is 5.75 Å². The largest absolute Gasteiger partial charge is 0.495 e. The maximum Gasteiger partial charge on any atom is 0.264 e. The Kier molecular flexibility index (Phi) is 6.76. The second kappa shape index (κ2) is 9.28. The van der Waals surface area contributed by atoms with E-state index in [2.05, 4.69) is 5.32 Å². The molecule has 8 heteroatoms. The van der Waals surface area contributed by atoms with Crippen LogP contribution in [-0.4, -0.2) is 47.2 Å². The first-order chi connectivity index (χ1) is 13.9. The van der Waals surface area contributed by atoms with E-state index < -0.39 is 15.9 Å². The molecule has 1 saturated heterocycles. The summed E-state index contributed by atoms with van der Waals surface area (Å²) in [4.78, 5) is 12.7. The third-order valence-corrected chi connectivity index (χ3v) is 6.55. The zero-order chi connectivity index (χ0) is 20.9. The quantitative estimate of drug-likeness (QED) is 0.712. The summed E-state index contributed by atoms with van der Waals surface area (Å²) in [6.07, 6.45) is 1.83. The van der Waals surface area contributed by atoms with Gasteiger partial charge in [0.05, 0.1) is 23.8 Å². The molecule has 156 valence electrons. The number of carbonyl (C=O) groups is 1. The molecule has 1 aliphatic rings. The van der Waals surface area contributed by atoms with E-state index >= 15 is 0 Å². The second-order valence-electron chi connectivity index (χ2n) is 6.94. The van der Waals surface area contributed by atoms with E-state index in [0.717, 1.165) is 22.7 Å². The summed E-state index contributed by atoms with van der Waals surface area (Å²) < 4.78 is 38.7. The van der Waals surface area contributed by atoms with Gasteiger partial charge in [-0.15, -0.1) is 0 Å². The number of sulfonamides is 1. The summed E-state index contributed by atoms with van der Waals surface area (Å²) in [5.74, 6) is -0.0226. The Balaban J connectivity index is 1.91. The molecule has 0 aliphatic carbocycles. The van der Waals surface area contributed by atoms with Crippen LogP contribution in [0, 0.1) is 6.92 Å². The van der Waals surface area contributed by atoms with Crippen LogP contribution in [0.3, 0.4) is 0 Å². The van der Waals surface area contributed by atoms with E-state index in [1.54, 1.807) is 30.3 Å². The van der Waals surface area contributed by atoms with Crippen LogP contribution in [-0.2, 0) is 19.6 Å². The minimum atomic E-state index is -3.97. The third-order valence-electron chi connectivity index (χ3n) is 4.77. The average molecular weight is 419 g/mol. The van der Waals surface area contributed by atoms with Gasteiger partial charge in [0, 0.05) is 13.2 Å². The minimum absolute atomic E-state index is 0.0216. The number of nitrogens with zero attached hydrogens (tertiary/aromatic N) is 1. The lowest BCUT2D eigenvalue weighted by atomic mass is 10.2. The molecule has 1 heterocycles. The zero-order valence-electron chi connectivity index (χ0n) is 16.6. The second-order valence-corrected chi connectivity index (χ2v) is 8.80. The number of amides is 1. The van der Waals surface area contributed by atoms with Gasteiger partial charge in [0.15, 0.2) is 0 Å². The van der Waals surface area contributed by atoms with Crippen molar-refractivity contribution in [3.05, 3.63) is 54.1 Å². The Bertz CT molecular complexity index is 941. The van der Waals surface area contributed by atoms with Crippen LogP contribution in [0.4, 0.5) is 5.69 Å². The third kappa shape index (κ3) is 5.07. The first-order valence-electron chi connectivity index (χ1n) is 9.52. The molecule has 0 radical (unpaired) electrons. The highest BCUT2D eigenvalue weighted by Gasteiger charge is 2.29. The number of methoxy groups -OCH3 is 1. The minimum Gasteiger partial charge on any atom is -0.495 e.